The highest BCUT2D eigenvalue weighted by Gasteiger charge is 2.71. The lowest BCUT2D eigenvalue weighted by atomic mass is 9.47. The number of hydrogen-bond acceptors (Lipinski definition) is 14. The first kappa shape index (κ1) is 39.0. The molecule has 4 aliphatic carbocycles. The van der Waals surface area contributed by atoms with E-state index in [-0.39, 0.29) is 40.8 Å². The number of aliphatic hydroxyl groups excluding tert-OH is 8. The highest BCUT2D eigenvalue weighted by molar-refractivity contribution is 5.26. The van der Waals surface area contributed by atoms with Crippen molar-refractivity contribution in [3.63, 3.8) is 0 Å². The number of allylic oxidation sites excluding steroid dienone is 1. The third-order valence-corrected chi connectivity index (χ3v) is 15.6. The Bertz CT molecular complexity index is 1360. The average molecular weight is 755 g/mol. The van der Waals surface area contributed by atoms with Gasteiger partial charge in [-0.2, -0.15) is 0 Å². The van der Waals surface area contributed by atoms with Crippen LogP contribution in [0.15, 0.2) is 11.6 Å². The van der Waals surface area contributed by atoms with Crippen molar-refractivity contribution in [3.05, 3.63) is 11.6 Å². The van der Waals surface area contributed by atoms with Crippen LogP contribution in [0, 0.1) is 46.3 Å². The van der Waals surface area contributed by atoms with E-state index >= 15 is 0 Å². The quantitative estimate of drug-likeness (QED) is 0.172. The second-order valence-electron chi connectivity index (χ2n) is 18.5. The van der Waals surface area contributed by atoms with Crippen molar-refractivity contribution in [2.45, 2.75) is 165 Å². The summed E-state index contributed by atoms with van der Waals surface area (Å²) in [5.74, 6) is 0.851. The SMILES string of the molecule is CC1COC2(OC3CC4C5CC=C6CC(O)CCC6(C)C5CCC4(C)C3C2C)C(OC2OC(COC3OC(CO)C(O)C(O)C3O)C(O)C(O)C2O)C1. The van der Waals surface area contributed by atoms with E-state index in [2.05, 4.69) is 33.8 Å². The van der Waals surface area contributed by atoms with Crippen LogP contribution < -0.4 is 0 Å². The van der Waals surface area contributed by atoms with Crippen LogP contribution in [0.1, 0.15) is 79.1 Å². The Kier molecular flexibility index (Phi) is 10.5. The summed E-state index contributed by atoms with van der Waals surface area (Å²) >= 11 is 0. The van der Waals surface area contributed by atoms with Crippen LogP contribution in [0.3, 0.4) is 0 Å². The average Bonchev–Trinajstić information content (AvgIpc) is 3.59. The molecule has 302 valence electrons. The molecule has 3 saturated carbocycles. The number of aliphatic hydroxyl groups is 8. The normalized spacial score (nSPS) is 58.0. The lowest BCUT2D eigenvalue weighted by molar-refractivity contribution is -0.379. The first-order valence-electron chi connectivity index (χ1n) is 20.1. The minimum atomic E-state index is -1.66. The summed E-state index contributed by atoms with van der Waals surface area (Å²) in [4.78, 5) is 0. The zero-order chi connectivity index (χ0) is 37.8. The van der Waals surface area contributed by atoms with Crippen molar-refractivity contribution in [2.75, 3.05) is 19.8 Å². The largest absolute Gasteiger partial charge is 0.394 e. The molecular formula is C39H62O14. The van der Waals surface area contributed by atoms with E-state index < -0.39 is 86.5 Å². The van der Waals surface area contributed by atoms with Gasteiger partial charge in [-0.05, 0) is 91.8 Å². The van der Waals surface area contributed by atoms with Gasteiger partial charge in [0.05, 0.1) is 32.0 Å². The topological polar surface area (TPSA) is 217 Å². The van der Waals surface area contributed by atoms with E-state index in [0.29, 0.717) is 30.8 Å². The Hall–Kier alpha value is -0.820. The fourth-order valence-corrected chi connectivity index (χ4v) is 12.6. The maximum absolute atomic E-state index is 11.1. The fourth-order valence-electron chi connectivity index (χ4n) is 12.6. The van der Waals surface area contributed by atoms with Gasteiger partial charge in [-0.1, -0.05) is 39.3 Å². The third kappa shape index (κ3) is 6.12. The van der Waals surface area contributed by atoms with E-state index in [1.165, 1.54) is 5.57 Å². The number of fused-ring (bicyclic) bond motifs is 7. The molecule has 8 aliphatic rings. The molecule has 8 N–H and O–H groups in total. The Morgan fingerprint density at radius 2 is 1.51 bits per heavy atom. The molecule has 22 atom stereocenters. The van der Waals surface area contributed by atoms with Gasteiger partial charge in [-0.3, -0.25) is 0 Å². The van der Waals surface area contributed by atoms with Gasteiger partial charge in [-0.25, -0.2) is 0 Å². The molecule has 0 aromatic carbocycles. The van der Waals surface area contributed by atoms with Gasteiger partial charge < -0.3 is 69.3 Å². The molecule has 14 heteroatoms. The lowest BCUT2D eigenvalue weighted by Gasteiger charge is -2.58. The first-order valence-corrected chi connectivity index (χ1v) is 20.1. The summed E-state index contributed by atoms with van der Waals surface area (Å²) in [6.07, 6.45) is -6.00. The second kappa shape index (κ2) is 14.2. The molecule has 0 bridgehead atoms. The van der Waals surface area contributed by atoms with Crippen LogP contribution >= 0.6 is 0 Å². The maximum atomic E-state index is 11.1. The predicted molar refractivity (Wildman–Crippen MR) is 184 cm³/mol. The van der Waals surface area contributed by atoms with Crippen molar-refractivity contribution in [2.24, 2.45) is 46.3 Å². The number of hydrogen-bond donors (Lipinski definition) is 8. The molecule has 4 heterocycles. The number of rotatable bonds is 6. The number of ether oxygens (including phenoxy) is 6. The molecule has 22 unspecified atom stereocenters. The molecule has 4 aliphatic heterocycles. The zero-order valence-corrected chi connectivity index (χ0v) is 31.4. The predicted octanol–water partition coefficient (Wildman–Crippen LogP) is 0.333. The smallest absolute Gasteiger partial charge is 0.198 e. The third-order valence-electron chi connectivity index (χ3n) is 15.6. The van der Waals surface area contributed by atoms with E-state index in [1.807, 2.05) is 0 Å². The highest BCUT2D eigenvalue weighted by atomic mass is 16.8. The van der Waals surface area contributed by atoms with Crippen molar-refractivity contribution in [1.82, 2.24) is 0 Å². The van der Waals surface area contributed by atoms with Crippen LogP contribution in [-0.4, -0.2) is 146 Å². The molecule has 7 fully saturated rings. The minimum absolute atomic E-state index is 0.0334. The van der Waals surface area contributed by atoms with Crippen LogP contribution in [0.25, 0.3) is 0 Å². The van der Waals surface area contributed by atoms with Gasteiger partial charge in [0, 0.05) is 5.92 Å². The summed E-state index contributed by atoms with van der Waals surface area (Å²) in [6, 6.07) is 0. The fraction of sp³-hybridized carbons (Fsp3) is 0.949. The summed E-state index contributed by atoms with van der Waals surface area (Å²) in [5.41, 5.74) is 1.64. The zero-order valence-electron chi connectivity index (χ0n) is 31.4. The molecule has 0 radical (unpaired) electrons. The maximum Gasteiger partial charge on any atom is 0.198 e. The van der Waals surface area contributed by atoms with Crippen LogP contribution in [0.2, 0.25) is 0 Å². The molecule has 8 rings (SSSR count). The summed E-state index contributed by atoms with van der Waals surface area (Å²) in [6.45, 7) is 8.57. The molecule has 0 amide bonds. The summed E-state index contributed by atoms with van der Waals surface area (Å²) < 4.78 is 37.5. The van der Waals surface area contributed by atoms with Gasteiger partial charge in [-0.15, -0.1) is 0 Å². The van der Waals surface area contributed by atoms with E-state index in [9.17, 15) is 40.9 Å². The Morgan fingerprint density at radius 3 is 2.25 bits per heavy atom. The molecule has 4 saturated heterocycles. The van der Waals surface area contributed by atoms with Crippen molar-refractivity contribution in [3.8, 4) is 0 Å². The standard InChI is InChI=1S/C39H62O14/c1-17-11-27(52-36-34(47)32(45)30(43)26(51-36)16-48-35-33(46)31(44)29(42)25(14-40)50-35)39(49-15-17)18(2)28-24(53-39)13-23-21-6-5-19-12-20(41)7-9-37(19,3)22(21)8-10-38(23,28)4/h5,17-18,20-36,40-47H,6-16H2,1-4H3. The van der Waals surface area contributed by atoms with Crippen molar-refractivity contribution in [1.29, 1.82) is 0 Å². The van der Waals surface area contributed by atoms with Crippen molar-refractivity contribution < 1.29 is 69.3 Å². The highest BCUT2D eigenvalue weighted by Crippen LogP contribution is 2.70. The molecule has 53 heavy (non-hydrogen) atoms. The van der Waals surface area contributed by atoms with Gasteiger partial charge >= 0.3 is 0 Å². The summed E-state index contributed by atoms with van der Waals surface area (Å²) in [7, 11) is 0. The van der Waals surface area contributed by atoms with Crippen molar-refractivity contribution >= 4 is 0 Å². The Labute approximate surface area is 311 Å². The molecule has 1 spiro atoms. The van der Waals surface area contributed by atoms with E-state index in [4.69, 9.17) is 28.4 Å². The van der Waals surface area contributed by atoms with Gasteiger partial charge in [0.25, 0.3) is 0 Å². The van der Waals surface area contributed by atoms with Gasteiger partial charge in [0.2, 0.25) is 0 Å². The molecule has 0 aromatic rings. The first-order chi connectivity index (χ1) is 25.1. The van der Waals surface area contributed by atoms with Gasteiger partial charge in [0.15, 0.2) is 18.4 Å². The molecule has 14 nitrogen and oxygen atoms in total. The monoisotopic (exact) mass is 754 g/mol. The van der Waals surface area contributed by atoms with E-state index in [0.717, 1.165) is 44.9 Å². The minimum Gasteiger partial charge on any atom is -0.394 e. The second-order valence-corrected chi connectivity index (χ2v) is 18.5. The lowest BCUT2D eigenvalue weighted by Crippen LogP contribution is -2.64. The Balaban J connectivity index is 0.981. The van der Waals surface area contributed by atoms with Crippen LogP contribution in [-0.2, 0) is 28.4 Å². The molecule has 0 aromatic heterocycles. The molecular weight excluding hydrogens is 692 g/mol. The van der Waals surface area contributed by atoms with Gasteiger partial charge in [0.1, 0.15) is 54.9 Å². The van der Waals surface area contributed by atoms with E-state index in [1.54, 1.807) is 0 Å². The Morgan fingerprint density at radius 1 is 0.811 bits per heavy atom. The van der Waals surface area contributed by atoms with Crippen LogP contribution in [0.5, 0.6) is 0 Å². The summed E-state index contributed by atoms with van der Waals surface area (Å²) in [5, 5.41) is 83.6. The van der Waals surface area contributed by atoms with Crippen LogP contribution in [0.4, 0.5) is 0 Å².